The molecule has 1 aromatic carbocycles. The number of aliphatic hydroxyl groups excluding tert-OH is 1. The SMILES string of the molecule is COc1ccc(CN2C[C@@H](O)CN(C(=O)OC(C)(C)C)CC2=O)cc1. The van der Waals surface area contributed by atoms with E-state index in [0.29, 0.717) is 6.54 Å². The van der Waals surface area contributed by atoms with Gasteiger partial charge in [-0.3, -0.25) is 9.69 Å². The van der Waals surface area contributed by atoms with Crippen molar-refractivity contribution >= 4 is 12.0 Å². The van der Waals surface area contributed by atoms with Crippen molar-refractivity contribution in [3.8, 4) is 5.75 Å². The van der Waals surface area contributed by atoms with Crippen molar-refractivity contribution in [2.45, 2.75) is 39.0 Å². The Morgan fingerprint density at radius 3 is 2.44 bits per heavy atom. The molecule has 2 amide bonds. The molecule has 1 fully saturated rings. The molecule has 0 radical (unpaired) electrons. The number of benzene rings is 1. The first-order valence-corrected chi connectivity index (χ1v) is 8.24. The number of aliphatic hydroxyl groups is 1. The van der Waals surface area contributed by atoms with E-state index in [1.165, 1.54) is 4.90 Å². The highest BCUT2D eigenvalue weighted by molar-refractivity contribution is 5.83. The maximum Gasteiger partial charge on any atom is 0.410 e. The summed E-state index contributed by atoms with van der Waals surface area (Å²) in [6.45, 7) is 5.78. The summed E-state index contributed by atoms with van der Waals surface area (Å²) in [5, 5.41) is 10.2. The lowest BCUT2D eigenvalue weighted by molar-refractivity contribution is -0.132. The van der Waals surface area contributed by atoms with Crippen molar-refractivity contribution in [3.63, 3.8) is 0 Å². The van der Waals surface area contributed by atoms with E-state index in [1.54, 1.807) is 32.8 Å². The van der Waals surface area contributed by atoms with E-state index < -0.39 is 17.8 Å². The van der Waals surface area contributed by atoms with Gasteiger partial charge in [-0.25, -0.2) is 4.79 Å². The van der Waals surface area contributed by atoms with Gasteiger partial charge in [0.2, 0.25) is 5.91 Å². The average molecular weight is 350 g/mol. The van der Waals surface area contributed by atoms with E-state index in [2.05, 4.69) is 0 Å². The molecule has 0 saturated carbocycles. The molecule has 1 aromatic rings. The number of ether oxygens (including phenoxy) is 2. The van der Waals surface area contributed by atoms with Crippen molar-refractivity contribution in [2.75, 3.05) is 26.7 Å². The van der Waals surface area contributed by atoms with Crippen LogP contribution in [0.15, 0.2) is 24.3 Å². The average Bonchev–Trinajstić information content (AvgIpc) is 2.65. The molecule has 25 heavy (non-hydrogen) atoms. The van der Waals surface area contributed by atoms with Crippen LogP contribution in [0.5, 0.6) is 5.75 Å². The fourth-order valence-corrected chi connectivity index (χ4v) is 2.57. The molecule has 7 nitrogen and oxygen atoms in total. The van der Waals surface area contributed by atoms with E-state index in [0.717, 1.165) is 11.3 Å². The maximum absolute atomic E-state index is 12.5. The maximum atomic E-state index is 12.5. The lowest BCUT2D eigenvalue weighted by atomic mass is 10.2. The molecular weight excluding hydrogens is 324 g/mol. The summed E-state index contributed by atoms with van der Waals surface area (Å²) in [6.07, 6.45) is -1.41. The van der Waals surface area contributed by atoms with E-state index >= 15 is 0 Å². The Labute approximate surface area is 148 Å². The van der Waals surface area contributed by atoms with Crippen molar-refractivity contribution in [1.82, 2.24) is 9.80 Å². The number of carbonyl (C=O) groups excluding carboxylic acids is 2. The van der Waals surface area contributed by atoms with Crippen LogP contribution in [-0.2, 0) is 16.1 Å². The monoisotopic (exact) mass is 350 g/mol. The van der Waals surface area contributed by atoms with E-state index in [-0.39, 0.29) is 25.5 Å². The molecular formula is C18H26N2O5. The van der Waals surface area contributed by atoms with Crippen LogP contribution in [0, 0.1) is 0 Å². The van der Waals surface area contributed by atoms with Gasteiger partial charge in [0.15, 0.2) is 0 Å². The molecule has 1 atom stereocenters. The van der Waals surface area contributed by atoms with Crippen LogP contribution < -0.4 is 4.74 Å². The highest BCUT2D eigenvalue weighted by Gasteiger charge is 2.31. The summed E-state index contributed by atoms with van der Waals surface area (Å²) >= 11 is 0. The minimum atomic E-state index is -0.822. The largest absolute Gasteiger partial charge is 0.497 e. The summed E-state index contributed by atoms with van der Waals surface area (Å²) in [7, 11) is 1.59. The standard InChI is InChI=1S/C18H26N2O5/c1-18(2,3)25-17(23)20-11-14(21)10-19(16(22)12-20)9-13-5-7-15(24-4)8-6-13/h5-8,14,21H,9-12H2,1-4H3/t14-/m1/s1. The van der Waals surface area contributed by atoms with Gasteiger partial charge in [0.05, 0.1) is 19.8 Å². The third-order valence-corrected chi connectivity index (χ3v) is 3.73. The van der Waals surface area contributed by atoms with Gasteiger partial charge < -0.3 is 19.5 Å². The van der Waals surface area contributed by atoms with Crippen LogP contribution in [-0.4, -0.2) is 65.4 Å². The van der Waals surface area contributed by atoms with Gasteiger partial charge in [0, 0.05) is 13.1 Å². The van der Waals surface area contributed by atoms with Crippen LogP contribution in [0.3, 0.4) is 0 Å². The molecule has 1 aliphatic rings. The second kappa shape index (κ2) is 7.74. The highest BCUT2D eigenvalue weighted by Crippen LogP contribution is 2.16. The summed E-state index contributed by atoms with van der Waals surface area (Å²) in [6, 6.07) is 7.38. The van der Waals surface area contributed by atoms with Gasteiger partial charge in [0.1, 0.15) is 17.9 Å². The van der Waals surface area contributed by atoms with Gasteiger partial charge in [0.25, 0.3) is 0 Å². The molecule has 0 aliphatic carbocycles. The number of carbonyl (C=O) groups is 2. The molecule has 1 saturated heterocycles. The Morgan fingerprint density at radius 2 is 1.88 bits per heavy atom. The van der Waals surface area contributed by atoms with Gasteiger partial charge in [-0.15, -0.1) is 0 Å². The molecule has 1 aliphatic heterocycles. The zero-order valence-electron chi connectivity index (χ0n) is 15.2. The normalized spacial score (nSPS) is 18.8. The molecule has 138 valence electrons. The molecule has 1 N–H and O–H groups in total. The number of amides is 2. The van der Waals surface area contributed by atoms with Crippen molar-refractivity contribution < 1.29 is 24.2 Å². The van der Waals surface area contributed by atoms with Gasteiger partial charge in [-0.2, -0.15) is 0 Å². The molecule has 0 unspecified atom stereocenters. The van der Waals surface area contributed by atoms with E-state index in [4.69, 9.17) is 9.47 Å². The van der Waals surface area contributed by atoms with E-state index in [1.807, 2.05) is 24.3 Å². The smallest absolute Gasteiger partial charge is 0.410 e. The van der Waals surface area contributed by atoms with Gasteiger partial charge in [-0.05, 0) is 38.5 Å². The lowest BCUT2D eigenvalue weighted by Gasteiger charge is -2.26. The summed E-state index contributed by atoms with van der Waals surface area (Å²) in [4.78, 5) is 27.5. The van der Waals surface area contributed by atoms with Crippen LogP contribution in [0.2, 0.25) is 0 Å². The first kappa shape index (κ1) is 19.1. The van der Waals surface area contributed by atoms with Crippen LogP contribution in [0.4, 0.5) is 4.79 Å². The zero-order valence-corrected chi connectivity index (χ0v) is 15.2. The molecule has 0 spiro atoms. The minimum absolute atomic E-state index is 0.0692. The molecule has 2 rings (SSSR count). The minimum Gasteiger partial charge on any atom is -0.497 e. The lowest BCUT2D eigenvalue weighted by Crippen LogP contribution is -2.42. The number of methoxy groups -OCH3 is 1. The predicted molar refractivity (Wildman–Crippen MR) is 92.2 cm³/mol. The van der Waals surface area contributed by atoms with Crippen molar-refractivity contribution in [1.29, 1.82) is 0 Å². The molecule has 1 heterocycles. The number of hydrogen-bond acceptors (Lipinski definition) is 5. The number of hydrogen-bond donors (Lipinski definition) is 1. The van der Waals surface area contributed by atoms with Crippen LogP contribution in [0.25, 0.3) is 0 Å². The Bertz CT molecular complexity index is 609. The number of rotatable bonds is 3. The Morgan fingerprint density at radius 1 is 1.24 bits per heavy atom. The third kappa shape index (κ3) is 5.63. The first-order chi connectivity index (χ1) is 11.7. The second-order valence-electron chi connectivity index (χ2n) is 7.14. The highest BCUT2D eigenvalue weighted by atomic mass is 16.6. The summed E-state index contributed by atoms with van der Waals surface area (Å²) in [5.74, 6) is 0.514. The summed E-state index contributed by atoms with van der Waals surface area (Å²) in [5.41, 5.74) is 0.271. The topological polar surface area (TPSA) is 79.3 Å². The fraction of sp³-hybridized carbons (Fsp3) is 0.556. The first-order valence-electron chi connectivity index (χ1n) is 8.24. The third-order valence-electron chi connectivity index (χ3n) is 3.73. The van der Waals surface area contributed by atoms with Gasteiger partial charge >= 0.3 is 6.09 Å². The predicted octanol–water partition coefficient (Wildman–Crippen LogP) is 1.64. The van der Waals surface area contributed by atoms with E-state index in [9.17, 15) is 14.7 Å². The molecule has 0 bridgehead atoms. The summed E-state index contributed by atoms with van der Waals surface area (Å²) < 4.78 is 10.4. The van der Waals surface area contributed by atoms with Crippen molar-refractivity contribution in [2.24, 2.45) is 0 Å². The second-order valence-corrected chi connectivity index (χ2v) is 7.14. The van der Waals surface area contributed by atoms with Crippen molar-refractivity contribution in [3.05, 3.63) is 29.8 Å². The van der Waals surface area contributed by atoms with Crippen LogP contribution in [0.1, 0.15) is 26.3 Å². The number of β-amino-alcohol motifs (C(OH)–C–C–N with tert-alkyl or cyclic N) is 1. The Hall–Kier alpha value is -2.28. The molecule has 0 aromatic heterocycles. The Balaban J connectivity index is 2.05. The Kier molecular flexibility index (Phi) is 5.89. The quantitative estimate of drug-likeness (QED) is 0.896. The zero-order chi connectivity index (χ0) is 18.6. The fourth-order valence-electron chi connectivity index (χ4n) is 2.57. The number of nitrogens with zero attached hydrogens (tertiary/aromatic N) is 2. The van der Waals surface area contributed by atoms with Gasteiger partial charge in [-0.1, -0.05) is 12.1 Å². The van der Waals surface area contributed by atoms with Crippen LogP contribution >= 0.6 is 0 Å². The molecule has 7 heteroatoms.